The number of amides is 2. The summed E-state index contributed by atoms with van der Waals surface area (Å²) in [5.41, 5.74) is 3.04. The van der Waals surface area contributed by atoms with Gasteiger partial charge in [0, 0.05) is 19.0 Å². The van der Waals surface area contributed by atoms with Gasteiger partial charge in [0.05, 0.1) is 11.9 Å². The monoisotopic (exact) mass is 613 g/mol. The number of carbonyl (C=O) groups is 2. The lowest BCUT2D eigenvalue weighted by atomic mass is 10.0. The molecule has 4 aromatic rings. The molecule has 1 unspecified atom stereocenters. The van der Waals surface area contributed by atoms with Crippen LogP contribution in [-0.2, 0) is 32.6 Å². The summed E-state index contributed by atoms with van der Waals surface area (Å²) in [4.78, 5) is 29.3. The molecule has 0 radical (unpaired) electrons. The van der Waals surface area contributed by atoms with Crippen molar-refractivity contribution >= 4 is 27.5 Å². The predicted molar refractivity (Wildman–Crippen MR) is 174 cm³/mol. The van der Waals surface area contributed by atoms with E-state index in [1.807, 2.05) is 106 Å². The van der Waals surface area contributed by atoms with Crippen molar-refractivity contribution in [3.63, 3.8) is 0 Å². The van der Waals surface area contributed by atoms with Gasteiger partial charge in [0.25, 0.3) is 0 Å². The van der Waals surface area contributed by atoms with Gasteiger partial charge in [-0.1, -0.05) is 78.4 Å². The molecule has 0 aromatic heterocycles. The topological polar surface area (TPSA) is 96.0 Å². The smallest absolute Gasteiger partial charge is 0.244 e. The van der Waals surface area contributed by atoms with Gasteiger partial charge in [-0.15, -0.1) is 0 Å². The van der Waals surface area contributed by atoms with Crippen LogP contribution in [0.25, 0.3) is 0 Å². The van der Waals surface area contributed by atoms with Gasteiger partial charge in [0.1, 0.15) is 24.1 Å². The molecule has 1 atom stereocenters. The molecule has 44 heavy (non-hydrogen) atoms. The average molecular weight is 614 g/mol. The molecule has 0 saturated heterocycles. The molecule has 0 bridgehead atoms. The van der Waals surface area contributed by atoms with E-state index in [9.17, 15) is 18.0 Å². The Morgan fingerprint density at radius 3 is 1.98 bits per heavy atom. The fraction of sp³-hybridized carbons (Fsp3) is 0.257. The molecular formula is C35H39N3O5S. The highest BCUT2D eigenvalue weighted by Gasteiger charge is 2.33. The lowest BCUT2D eigenvalue weighted by Gasteiger charge is -2.34. The minimum absolute atomic E-state index is 0.130. The van der Waals surface area contributed by atoms with E-state index in [2.05, 4.69) is 5.32 Å². The Morgan fingerprint density at radius 2 is 1.39 bits per heavy atom. The molecule has 0 fully saturated rings. The second-order valence-electron chi connectivity index (χ2n) is 11.1. The van der Waals surface area contributed by atoms with Crippen LogP contribution < -0.4 is 14.4 Å². The number of aryl methyl sites for hydroxylation is 1. The first-order valence-electron chi connectivity index (χ1n) is 14.5. The Morgan fingerprint density at radius 1 is 0.795 bits per heavy atom. The molecule has 4 aromatic carbocycles. The highest BCUT2D eigenvalue weighted by molar-refractivity contribution is 7.92. The Bertz CT molecular complexity index is 1640. The van der Waals surface area contributed by atoms with Crippen molar-refractivity contribution in [1.82, 2.24) is 10.2 Å². The maximum absolute atomic E-state index is 14.2. The first-order valence-corrected chi connectivity index (χ1v) is 16.3. The predicted octanol–water partition coefficient (Wildman–Crippen LogP) is 5.72. The van der Waals surface area contributed by atoms with Crippen LogP contribution in [0.5, 0.6) is 11.5 Å². The Balaban J connectivity index is 1.67. The number of hydrogen-bond acceptors (Lipinski definition) is 5. The van der Waals surface area contributed by atoms with E-state index in [-0.39, 0.29) is 24.9 Å². The maximum atomic E-state index is 14.2. The maximum Gasteiger partial charge on any atom is 0.244 e. The van der Waals surface area contributed by atoms with Crippen molar-refractivity contribution in [3.8, 4) is 11.5 Å². The van der Waals surface area contributed by atoms with E-state index in [0.717, 1.165) is 27.3 Å². The van der Waals surface area contributed by atoms with E-state index in [0.29, 0.717) is 17.2 Å². The zero-order valence-corrected chi connectivity index (χ0v) is 26.3. The number of carbonyl (C=O) groups excluding carboxylic acids is 2. The van der Waals surface area contributed by atoms with Gasteiger partial charge in [0.15, 0.2) is 0 Å². The standard InChI is InChI=1S/C35H39N3O5S/c1-26(2)36-35(40)33(23-28-13-7-5-8-14-28)37(24-29-15-11-12-27(3)22-29)34(39)25-38(44(4,41)42)30-18-20-32(21-19-30)43-31-16-9-6-10-17-31/h5-22,26,33H,23-25H2,1-4H3,(H,36,40). The van der Waals surface area contributed by atoms with E-state index >= 15 is 0 Å². The zero-order valence-electron chi connectivity index (χ0n) is 25.5. The molecule has 4 rings (SSSR count). The van der Waals surface area contributed by atoms with Crippen LogP contribution in [0.3, 0.4) is 0 Å². The minimum Gasteiger partial charge on any atom is -0.457 e. The molecular weight excluding hydrogens is 574 g/mol. The largest absolute Gasteiger partial charge is 0.457 e. The lowest BCUT2D eigenvalue weighted by molar-refractivity contribution is -0.140. The summed E-state index contributed by atoms with van der Waals surface area (Å²) in [5, 5.41) is 2.96. The van der Waals surface area contributed by atoms with E-state index in [4.69, 9.17) is 4.74 Å². The van der Waals surface area contributed by atoms with Crippen molar-refractivity contribution in [2.75, 3.05) is 17.1 Å². The minimum atomic E-state index is -3.88. The van der Waals surface area contributed by atoms with Crippen LogP contribution in [-0.4, -0.2) is 50.0 Å². The summed E-state index contributed by atoms with van der Waals surface area (Å²) in [6.45, 7) is 5.33. The molecule has 8 nitrogen and oxygen atoms in total. The second-order valence-corrected chi connectivity index (χ2v) is 13.0. The number of ether oxygens (including phenoxy) is 1. The number of para-hydroxylation sites is 1. The van der Waals surface area contributed by atoms with Crippen molar-refractivity contribution in [2.24, 2.45) is 0 Å². The molecule has 0 aliphatic carbocycles. The highest BCUT2D eigenvalue weighted by Crippen LogP contribution is 2.26. The summed E-state index contributed by atoms with van der Waals surface area (Å²) in [6, 6.07) is 31.9. The molecule has 0 heterocycles. The molecule has 0 aliphatic rings. The summed E-state index contributed by atoms with van der Waals surface area (Å²) in [5.74, 6) is 0.361. The lowest BCUT2D eigenvalue weighted by Crippen LogP contribution is -2.54. The molecule has 230 valence electrons. The van der Waals surface area contributed by atoms with Crippen LogP contribution >= 0.6 is 0 Å². The summed E-state index contributed by atoms with van der Waals surface area (Å²) in [6.07, 6.45) is 1.33. The molecule has 0 aliphatic heterocycles. The van der Waals surface area contributed by atoms with Gasteiger partial charge in [-0.3, -0.25) is 13.9 Å². The van der Waals surface area contributed by atoms with Crippen LogP contribution in [0.1, 0.15) is 30.5 Å². The summed E-state index contributed by atoms with van der Waals surface area (Å²) in [7, 11) is -3.88. The quantitative estimate of drug-likeness (QED) is 0.208. The normalized spacial score (nSPS) is 11.9. The zero-order chi connectivity index (χ0) is 31.7. The van der Waals surface area contributed by atoms with Crippen molar-refractivity contribution in [1.29, 1.82) is 0 Å². The molecule has 2 amide bonds. The number of hydrogen-bond donors (Lipinski definition) is 1. The van der Waals surface area contributed by atoms with Crippen LogP contribution in [0.4, 0.5) is 5.69 Å². The number of rotatable bonds is 13. The number of benzene rings is 4. The van der Waals surface area contributed by atoms with E-state index < -0.39 is 28.5 Å². The fourth-order valence-electron chi connectivity index (χ4n) is 4.86. The van der Waals surface area contributed by atoms with Gasteiger partial charge in [-0.2, -0.15) is 0 Å². The first kappa shape index (κ1) is 32.3. The fourth-order valence-corrected chi connectivity index (χ4v) is 5.71. The van der Waals surface area contributed by atoms with Crippen LogP contribution in [0.2, 0.25) is 0 Å². The van der Waals surface area contributed by atoms with Crippen LogP contribution in [0.15, 0.2) is 109 Å². The van der Waals surface area contributed by atoms with E-state index in [1.54, 1.807) is 24.3 Å². The Hall–Kier alpha value is -4.63. The highest BCUT2D eigenvalue weighted by atomic mass is 32.2. The molecule has 0 saturated carbocycles. The van der Waals surface area contributed by atoms with Gasteiger partial charge in [0.2, 0.25) is 21.8 Å². The molecule has 0 spiro atoms. The number of nitrogens with one attached hydrogen (secondary N) is 1. The first-order chi connectivity index (χ1) is 21.0. The third kappa shape index (κ3) is 9.18. The Labute approximate surface area is 260 Å². The summed E-state index contributed by atoms with van der Waals surface area (Å²) < 4.78 is 33.0. The van der Waals surface area contributed by atoms with Crippen molar-refractivity contribution in [3.05, 3.63) is 126 Å². The third-order valence-electron chi connectivity index (χ3n) is 6.92. The van der Waals surface area contributed by atoms with Crippen molar-refractivity contribution in [2.45, 2.75) is 45.8 Å². The number of anilines is 1. The van der Waals surface area contributed by atoms with E-state index in [1.165, 1.54) is 4.90 Å². The van der Waals surface area contributed by atoms with Crippen molar-refractivity contribution < 1.29 is 22.7 Å². The summed E-state index contributed by atoms with van der Waals surface area (Å²) >= 11 is 0. The van der Waals surface area contributed by atoms with Gasteiger partial charge in [-0.25, -0.2) is 8.42 Å². The van der Waals surface area contributed by atoms with Gasteiger partial charge < -0.3 is 15.0 Å². The van der Waals surface area contributed by atoms with Crippen LogP contribution in [0, 0.1) is 6.92 Å². The van der Waals surface area contributed by atoms with Gasteiger partial charge in [-0.05, 0) is 68.3 Å². The average Bonchev–Trinajstić information content (AvgIpc) is 2.98. The number of nitrogens with zero attached hydrogens (tertiary/aromatic N) is 2. The number of sulfonamides is 1. The SMILES string of the molecule is Cc1cccc(CN(C(=O)CN(c2ccc(Oc3ccccc3)cc2)S(C)(=O)=O)C(Cc2ccccc2)C(=O)NC(C)C)c1. The Kier molecular flexibility index (Phi) is 10.8. The van der Waals surface area contributed by atoms with Gasteiger partial charge >= 0.3 is 0 Å². The molecule has 9 heteroatoms. The second kappa shape index (κ2) is 14.7. The molecule has 1 N–H and O–H groups in total. The third-order valence-corrected chi connectivity index (χ3v) is 8.06.